The van der Waals surface area contributed by atoms with Crippen LogP contribution in [-0.4, -0.2) is 60.9 Å². The number of hydrogen-bond donors (Lipinski definition) is 0. The predicted molar refractivity (Wildman–Crippen MR) is 108 cm³/mol. The maximum absolute atomic E-state index is 12.7. The van der Waals surface area contributed by atoms with E-state index in [0.717, 1.165) is 30.8 Å². The molecule has 7 nitrogen and oxygen atoms in total. The van der Waals surface area contributed by atoms with Crippen molar-refractivity contribution in [3.63, 3.8) is 0 Å². The van der Waals surface area contributed by atoms with Gasteiger partial charge in [-0.1, -0.05) is 13.3 Å². The standard InChI is InChI=1S/C21H28N4O3/c1-4-5-14-27-17-8-6-16(7-9-17)21(26)25-13-12-18(15-25)28-20-11-10-19(22-23-20)24(2)3/h6-11,18H,4-5,12-15H2,1-3H3. The number of likely N-dealkylation sites (tertiary alicyclic amines) is 1. The summed E-state index contributed by atoms with van der Waals surface area (Å²) in [5.74, 6) is 2.07. The molecule has 7 heteroatoms. The van der Waals surface area contributed by atoms with Gasteiger partial charge in [0.2, 0.25) is 5.88 Å². The largest absolute Gasteiger partial charge is 0.494 e. The van der Waals surface area contributed by atoms with E-state index in [9.17, 15) is 4.79 Å². The lowest BCUT2D eigenvalue weighted by Crippen LogP contribution is -2.31. The average molecular weight is 384 g/mol. The number of hydrogen-bond acceptors (Lipinski definition) is 6. The van der Waals surface area contributed by atoms with Crippen LogP contribution in [0.2, 0.25) is 0 Å². The van der Waals surface area contributed by atoms with Gasteiger partial charge in [-0.25, -0.2) is 0 Å². The number of nitrogens with zero attached hydrogens (tertiary/aromatic N) is 4. The Kier molecular flexibility index (Phi) is 6.68. The zero-order valence-corrected chi connectivity index (χ0v) is 16.8. The number of rotatable bonds is 8. The van der Waals surface area contributed by atoms with Crippen LogP contribution in [0.25, 0.3) is 0 Å². The van der Waals surface area contributed by atoms with E-state index in [0.29, 0.717) is 31.1 Å². The highest BCUT2D eigenvalue weighted by Crippen LogP contribution is 2.20. The van der Waals surface area contributed by atoms with Crippen LogP contribution in [0, 0.1) is 0 Å². The Bertz CT molecular complexity index is 762. The molecular weight excluding hydrogens is 356 g/mol. The quantitative estimate of drug-likeness (QED) is 0.652. The van der Waals surface area contributed by atoms with E-state index in [2.05, 4.69) is 17.1 Å². The van der Waals surface area contributed by atoms with Crippen molar-refractivity contribution in [1.82, 2.24) is 15.1 Å². The van der Waals surface area contributed by atoms with Crippen molar-refractivity contribution < 1.29 is 14.3 Å². The predicted octanol–water partition coefficient (Wildman–Crippen LogP) is 3.02. The van der Waals surface area contributed by atoms with E-state index in [4.69, 9.17) is 9.47 Å². The van der Waals surface area contributed by atoms with Crippen molar-refractivity contribution in [1.29, 1.82) is 0 Å². The van der Waals surface area contributed by atoms with Gasteiger partial charge in [-0.3, -0.25) is 4.79 Å². The van der Waals surface area contributed by atoms with Gasteiger partial charge in [0.05, 0.1) is 13.2 Å². The van der Waals surface area contributed by atoms with Crippen molar-refractivity contribution in [3.05, 3.63) is 42.0 Å². The summed E-state index contributed by atoms with van der Waals surface area (Å²) in [6.07, 6.45) is 2.83. The first-order chi connectivity index (χ1) is 13.6. The number of benzene rings is 1. The van der Waals surface area contributed by atoms with E-state index < -0.39 is 0 Å². The van der Waals surface area contributed by atoms with E-state index >= 15 is 0 Å². The Balaban J connectivity index is 1.52. The van der Waals surface area contributed by atoms with Crippen molar-refractivity contribution in [2.24, 2.45) is 0 Å². The van der Waals surface area contributed by atoms with Gasteiger partial charge in [0, 0.05) is 38.7 Å². The number of anilines is 1. The van der Waals surface area contributed by atoms with E-state index in [1.165, 1.54) is 0 Å². The fourth-order valence-electron chi connectivity index (χ4n) is 3.00. The monoisotopic (exact) mass is 384 g/mol. The van der Waals surface area contributed by atoms with E-state index in [1.54, 1.807) is 0 Å². The van der Waals surface area contributed by atoms with Crippen LogP contribution >= 0.6 is 0 Å². The maximum Gasteiger partial charge on any atom is 0.253 e. The SMILES string of the molecule is CCCCOc1ccc(C(=O)N2CCC(Oc3ccc(N(C)C)nn3)C2)cc1. The minimum absolute atomic E-state index is 0.0141. The summed E-state index contributed by atoms with van der Waals surface area (Å²) in [6.45, 7) is 4.04. The molecule has 0 radical (unpaired) electrons. The molecule has 150 valence electrons. The van der Waals surface area contributed by atoms with Crippen LogP contribution in [0.15, 0.2) is 36.4 Å². The minimum atomic E-state index is -0.0693. The van der Waals surface area contributed by atoms with E-state index in [1.807, 2.05) is 60.3 Å². The van der Waals surface area contributed by atoms with Crippen molar-refractivity contribution in [2.45, 2.75) is 32.3 Å². The zero-order valence-electron chi connectivity index (χ0n) is 16.8. The summed E-state index contributed by atoms with van der Waals surface area (Å²) in [4.78, 5) is 16.4. The van der Waals surface area contributed by atoms with Gasteiger partial charge < -0.3 is 19.3 Å². The topological polar surface area (TPSA) is 67.8 Å². The molecule has 28 heavy (non-hydrogen) atoms. The van der Waals surface area contributed by atoms with Gasteiger partial charge in [0.1, 0.15) is 11.9 Å². The van der Waals surface area contributed by atoms with Crippen LogP contribution in [-0.2, 0) is 0 Å². The Morgan fingerprint density at radius 1 is 1.18 bits per heavy atom. The molecule has 0 bridgehead atoms. The maximum atomic E-state index is 12.7. The van der Waals surface area contributed by atoms with Crippen molar-refractivity contribution in [2.75, 3.05) is 38.7 Å². The highest BCUT2D eigenvalue weighted by molar-refractivity contribution is 5.94. The number of ether oxygens (including phenoxy) is 2. The van der Waals surface area contributed by atoms with E-state index in [-0.39, 0.29) is 12.0 Å². The fraction of sp³-hybridized carbons (Fsp3) is 0.476. The first-order valence-electron chi connectivity index (χ1n) is 9.76. The second-order valence-corrected chi connectivity index (χ2v) is 7.13. The van der Waals surface area contributed by atoms with Crippen LogP contribution in [0.1, 0.15) is 36.5 Å². The summed E-state index contributed by atoms with van der Waals surface area (Å²) in [7, 11) is 3.82. The molecule has 0 saturated carbocycles. The normalized spacial score (nSPS) is 16.1. The number of unbranched alkanes of at least 4 members (excludes halogenated alkanes) is 1. The third kappa shape index (κ3) is 5.12. The molecule has 1 saturated heterocycles. The van der Waals surface area contributed by atoms with Gasteiger partial charge in [-0.2, -0.15) is 0 Å². The van der Waals surface area contributed by atoms with Gasteiger partial charge in [-0.15, -0.1) is 10.2 Å². The molecule has 1 aliphatic rings. The van der Waals surface area contributed by atoms with Crippen LogP contribution < -0.4 is 14.4 Å². The summed E-state index contributed by atoms with van der Waals surface area (Å²) in [5.41, 5.74) is 0.665. The van der Waals surface area contributed by atoms with Crippen LogP contribution in [0.4, 0.5) is 5.82 Å². The summed E-state index contributed by atoms with van der Waals surface area (Å²) >= 11 is 0. The molecular formula is C21H28N4O3. The zero-order chi connectivity index (χ0) is 19.9. The minimum Gasteiger partial charge on any atom is -0.494 e. The molecule has 1 aromatic carbocycles. The lowest BCUT2D eigenvalue weighted by atomic mass is 10.2. The third-order valence-corrected chi connectivity index (χ3v) is 4.67. The molecule has 1 amide bonds. The van der Waals surface area contributed by atoms with Gasteiger partial charge in [-0.05, 0) is 36.8 Å². The second-order valence-electron chi connectivity index (χ2n) is 7.13. The molecule has 1 fully saturated rings. The first kappa shape index (κ1) is 19.9. The van der Waals surface area contributed by atoms with Gasteiger partial charge >= 0.3 is 0 Å². The molecule has 2 aromatic rings. The van der Waals surface area contributed by atoms with Crippen LogP contribution in [0.3, 0.4) is 0 Å². The van der Waals surface area contributed by atoms with Gasteiger partial charge in [0.25, 0.3) is 5.91 Å². The van der Waals surface area contributed by atoms with Crippen molar-refractivity contribution in [3.8, 4) is 11.6 Å². The second kappa shape index (κ2) is 9.39. The average Bonchev–Trinajstić information content (AvgIpc) is 3.17. The molecule has 0 spiro atoms. The first-order valence-corrected chi connectivity index (χ1v) is 9.76. The highest BCUT2D eigenvalue weighted by Gasteiger charge is 2.28. The summed E-state index contributed by atoms with van der Waals surface area (Å²) in [6, 6.07) is 11.0. The molecule has 2 heterocycles. The molecule has 0 N–H and O–H groups in total. The summed E-state index contributed by atoms with van der Waals surface area (Å²) in [5, 5.41) is 8.22. The smallest absolute Gasteiger partial charge is 0.253 e. The lowest BCUT2D eigenvalue weighted by molar-refractivity contribution is 0.0771. The Morgan fingerprint density at radius 3 is 2.61 bits per heavy atom. The fourth-order valence-corrected chi connectivity index (χ4v) is 3.00. The molecule has 1 unspecified atom stereocenters. The Labute approximate surface area is 166 Å². The molecule has 1 aliphatic heterocycles. The third-order valence-electron chi connectivity index (χ3n) is 4.67. The van der Waals surface area contributed by atoms with Crippen LogP contribution in [0.5, 0.6) is 11.6 Å². The molecule has 1 aromatic heterocycles. The lowest BCUT2D eigenvalue weighted by Gasteiger charge is -2.17. The highest BCUT2D eigenvalue weighted by atomic mass is 16.5. The molecule has 3 rings (SSSR count). The number of amides is 1. The van der Waals surface area contributed by atoms with Crippen molar-refractivity contribution >= 4 is 11.7 Å². The Hall–Kier alpha value is -2.83. The molecule has 1 atom stereocenters. The number of carbonyl (C=O) groups excluding carboxylic acids is 1. The Morgan fingerprint density at radius 2 is 1.96 bits per heavy atom. The van der Waals surface area contributed by atoms with Gasteiger partial charge in [0.15, 0.2) is 5.82 Å². The molecule has 0 aliphatic carbocycles. The number of aromatic nitrogens is 2. The number of carbonyl (C=O) groups is 1. The summed E-state index contributed by atoms with van der Waals surface area (Å²) < 4.78 is 11.5.